The van der Waals surface area contributed by atoms with Crippen molar-refractivity contribution in [3.05, 3.63) is 35.0 Å². The zero-order valence-corrected chi connectivity index (χ0v) is 16.4. The second-order valence-corrected chi connectivity index (χ2v) is 9.41. The Balaban J connectivity index is 1.76. The van der Waals surface area contributed by atoms with Crippen LogP contribution in [0.15, 0.2) is 24.4 Å². The van der Waals surface area contributed by atoms with Gasteiger partial charge in [-0.25, -0.2) is 12.7 Å². The summed E-state index contributed by atoms with van der Waals surface area (Å²) in [4.78, 5) is 0. The van der Waals surface area contributed by atoms with Crippen molar-refractivity contribution in [2.24, 2.45) is 13.0 Å². The van der Waals surface area contributed by atoms with E-state index in [1.807, 2.05) is 25.2 Å². The minimum atomic E-state index is -3.21. The first-order chi connectivity index (χ1) is 11.8. The molecule has 1 aromatic carbocycles. The van der Waals surface area contributed by atoms with Gasteiger partial charge >= 0.3 is 0 Å². The molecule has 3 rings (SSSR count). The Morgan fingerprint density at radius 2 is 2.04 bits per heavy atom. The van der Waals surface area contributed by atoms with Crippen LogP contribution in [-0.4, -0.2) is 49.7 Å². The fourth-order valence-electron chi connectivity index (χ4n) is 3.64. The zero-order chi connectivity index (χ0) is 18.0. The van der Waals surface area contributed by atoms with E-state index in [0.29, 0.717) is 30.5 Å². The number of halogens is 1. The van der Waals surface area contributed by atoms with Gasteiger partial charge in [0.05, 0.1) is 6.26 Å². The molecule has 25 heavy (non-hydrogen) atoms. The van der Waals surface area contributed by atoms with Crippen molar-refractivity contribution < 1.29 is 8.42 Å². The lowest BCUT2D eigenvalue weighted by Crippen LogP contribution is -2.39. The fourth-order valence-corrected chi connectivity index (χ4v) is 4.71. The number of fused-ring (bicyclic) bond motifs is 1. The van der Waals surface area contributed by atoms with Crippen molar-refractivity contribution in [1.82, 2.24) is 14.2 Å². The molecule has 0 atom stereocenters. The Labute approximate surface area is 155 Å². The van der Waals surface area contributed by atoms with Gasteiger partial charge in [-0.1, -0.05) is 11.6 Å². The highest BCUT2D eigenvalue weighted by molar-refractivity contribution is 7.88. The monoisotopic (exact) mass is 383 g/mol. The maximum Gasteiger partial charge on any atom is 0.211 e. The number of nitrogens with zero attached hydrogens (tertiary/aromatic N) is 2. The molecule has 0 saturated carbocycles. The lowest BCUT2D eigenvalue weighted by Gasteiger charge is -2.28. The van der Waals surface area contributed by atoms with E-state index in [1.54, 1.807) is 4.31 Å². The number of benzene rings is 1. The van der Waals surface area contributed by atoms with Crippen LogP contribution in [0, 0.1) is 5.92 Å². The number of sulfonamides is 1. The fraction of sp³-hybridized carbons (Fsp3) is 0.556. The number of nitrogens with one attached hydrogen (secondary N) is 1. The third-order valence-electron chi connectivity index (χ3n) is 5.05. The van der Waals surface area contributed by atoms with E-state index in [2.05, 4.69) is 16.1 Å². The highest BCUT2D eigenvalue weighted by Crippen LogP contribution is 2.25. The number of piperidine rings is 1. The second-order valence-electron chi connectivity index (χ2n) is 6.99. The smallest absolute Gasteiger partial charge is 0.211 e. The number of hydrogen-bond acceptors (Lipinski definition) is 3. The number of aryl methyl sites for hydroxylation is 1. The molecular formula is C18H26ClN3O2S. The van der Waals surface area contributed by atoms with Crippen LogP contribution in [-0.2, 0) is 23.5 Å². The highest BCUT2D eigenvalue weighted by atomic mass is 35.5. The van der Waals surface area contributed by atoms with Crippen molar-refractivity contribution in [2.45, 2.75) is 19.3 Å². The summed E-state index contributed by atoms with van der Waals surface area (Å²) >= 11 is 6.14. The summed E-state index contributed by atoms with van der Waals surface area (Å²) in [5.41, 5.74) is 2.25. The van der Waals surface area contributed by atoms with E-state index < -0.39 is 10.0 Å². The normalized spacial score (nSPS) is 16.8. The molecule has 1 saturated heterocycles. The largest absolute Gasteiger partial charge is 0.350 e. The summed E-state index contributed by atoms with van der Waals surface area (Å²) in [7, 11) is -1.21. The van der Waals surface area contributed by atoms with Crippen molar-refractivity contribution >= 4 is 32.5 Å². The summed E-state index contributed by atoms with van der Waals surface area (Å²) in [5, 5.41) is 5.13. The third-order valence-corrected chi connectivity index (χ3v) is 6.56. The van der Waals surface area contributed by atoms with E-state index in [9.17, 15) is 8.42 Å². The maximum absolute atomic E-state index is 12.2. The molecule has 0 radical (unpaired) electrons. The Morgan fingerprint density at radius 1 is 1.32 bits per heavy atom. The SMILES string of the molecule is Cn1cc(CCN(CC2CCNCC2)S(C)(=O)=O)c2cc(Cl)ccc21. The average Bonchev–Trinajstić information content (AvgIpc) is 2.87. The van der Waals surface area contributed by atoms with Crippen LogP contribution in [0.3, 0.4) is 0 Å². The molecule has 1 aliphatic rings. The molecule has 1 aromatic heterocycles. The lowest BCUT2D eigenvalue weighted by molar-refractivity contribution is 0.290. The quantitative estimate of drug-likeness (QED) is 0.834. The molecular weight excluding hydrogens is 358 g/mol. The van der Waals surface area contributed by atoms with Crippen molar-refractivity contribution in [3.63, 3.8) is 0 Å². The first kappa shape index (κ1) is 18.7. The van der Waals surface area contributed by atoms with Gasteiger partial charge in [-0.15, -0.1) is 0 Å². The van der Waals surface area contributed by atoms with Crippen LogP contribution in [0.2, 0.25) is 5.02 Å². The van der Waals surface area contributed by atoms with Crippen LogP contribution < -0.4 is 5.32 Å². The first-order valence-electron chi connectivity index (χ1n) is 8.74. The molecule has 0 spiro atoms. The van der Waals surface area contributed by atoms with E-state index >= 15 is 0 Å². The molecule has 5 nitrogen and oxygen atoms in total. The minimum Gasteiger partial charge on any atom is -0.350 e. The van der Waals surface area contributed by atoms with E-state index in [1.165, 1.54) is 6.26 Å². The van der Waals surface area contributed by atoms with Crippen molar-refractivity contribution in [2.75, 3.05) is 32.4 Å². The summed E-state index contributed by atoms with van der Waals surface area (Å²) in [6, 6.07) is 5.85. The summed E-state index contributed by atoms with van der Waals surface area (Å²) in [5.74, 6) is 0.443. The summed E-state index contributed by atoms with van der Waals surface area (Å²) < 4.78 is 28.2. The average molecular weight is 384 g/mol. The topological polar surface area (TPSA) is 54.3 Å². The van der Waals surface area contributed by atoms with E-state index in [-0.39, 0.29) is 0 Å². The molecule has 7 heteroatoms. The van der Waals surface area contributed by atoms with E-state index in [0.717, 1.165) is 42.4 Å². The standard InChI is InChI=1S/C18H26ClN3O2S/c1-21-13-15(17-11-16(19)3-4-18(17)21)7-10-22(25(2,23)24)12-14-5-8-20-9-6-14/h3-4,11,13-14,20H,5-10,12H2,1-2H3. The van der Waals surface area contributed by atoms with Crippen LogP contribution in [0.1, 0.15) is 18.4 Å². The molecule has 2 aromatic rings. The van der Waals surface area contributed by atoms with Gasteiger partial charge < -0.3 is 9.88 Å². The Kier molecular flexibility index (Phi) is 5.73. The van der Waals surface area contributed by atoms with Crippen LogP contribution >= 0.6 is 11.6 Å². The van der Waals surface area contributed by atoms with Crippen LogP contribution in [0.4, 0.5) is 0 Å². The van der Waals surface area contributed by atoms with Crippen molar-refractivity contribution in [3.8, 4) is 0 Å². The molecule has 1 N–H and O–H groups in total. The van der Waals surface area contributed by atoms with E-state index in [4.69, 9.17) is 11.6 Å². The summed E-state index contributed by atoms with van der Waals surface area (Å²) in [6.45, 7) is 3.08. The van der Waals surface area contributed by atoms with Gasteiger partial charge in [-0.3, -0.25) is 0 Å². The van der Waals surface area contributed by atoms with Gasteiger partial charge in [0.1, 0.15) is 0 Å². The molecule has 2 heterocycles. The number of rotatable bonds is 6. The number of aromatic nitrogens is 1. The molecule has 0 amide bonds. The minimum absolute atomic E-state index is 0.443. The molecule has 0 aliphatic carbocycles. The number of hydrogen-bond donors (Lipinski definition) is 1. The Hall–Kier alpha value is -1.08. The van der Waals surface area contributed by atoms with Gasteiger partial charge in [0.15, 0.2) is 0 Å². The summed E-state index contributed by atoms with van der Waals surface area (Å²) in [6.07, 6.45) is 6.15. The Bertz CT molecular complexity index is 841. The van der Waals surface area contributed by atoms with Crippen molar-refractivity contribution in [1.29, 1.82) is 0 Å². The zero-order valence-electron chi connectivity index (χ0n) is 14.8. The van der Waals surface area contributed by atoms with Gasteiger partial charge in [-0.2, -0.15) is 0 Å². The third kappa shape index (κ3) is 4.56. The molecule has 0 unspecified atom stereocenters. The maximum atomic E-state index is 12.2. The van der Waals surface area contributed by atoms with Crippen LogP contribution in [0.5, 0.6) is 0 Å². The van der Waals surface area contributed by atoms with Crippen LogP contribution in [0.25, 0.3) is 10.9 Å². The highest BCUT2D eigenvalue weighted by Gasteiger charge is 2.23. The first-order valence-corrected chi connectivity index (χ1v) is 11.0. The van der Waals surface area contributed by atoms with Gasteiger partial charge in [0.25, 0.3) is 0 Å². The van der Waals surface area contributed by atoms with Gasteiger partial charge in [0, 0.05) is 42.3 Å². The molecule has 0 bridgehead atoms. The molecule has 138 valence electrons. The predicted octanol–water partition coefficient (Wildman–Crippen LogP) is 2.64. The lowest BCUT2D eigenvalue weighted by atomic mass is 9.98. The predicted molar refractivity (Wildman–Crippen MR) is 104 cm³/mol. The molecule has 1 fully saturated rings. The van der Waals surface area contributed by atoms with Gasteiger partial charge in [-0.05, 0) is 62.0 Å². The Morgan fingerprint density at radius 3 is 2.72 bits per heavy atom. The molecule has 1 aliphatic heterocycles. The van der Waals surface area contributed by atoms with Gasteiger partial charge in [0.2, 0.25) is 10.0 Å². The second kappa shape index (κ2) is 7.66.